The fourth-order valence-electron chi connectivity index (χ4n) is 1.79. The molecule has 0 aliphatic carbocycles. The monoisotopic (exact) mass is 237 g/mol. The standard InChI is InChI=1S/C16H15NO/c1-3-17-12-13(2)11-15(17)9-10-16(18)14-7-5-4-6-8-14/h3-12H,1H2,2H3/b10-9+. The lowest BCUT2D eigenvalue weighted by molar-refractivity contribution is 0.104. The number of aryl methyl sites for hydroxylation is 1. The predicted octanol–water partition coefficient (Wildman–Crippen LogP) is 3.79. The summed E-state index contributed by atoms with van der Waals surface area (Å²) in [5, 5.41) is 0. The van der Waals surface area contributed by atoms with Crippen LogP contribution in [0.4, 0.5) is 0 Å². The number of carbonyl (C=O) groups is 1. The molecule has 1 aromatic heterocycles. The van der Waals surface area contributed by atoms with Gasteiger partial charge in [0.2, 0.25) is 0 Å². The van der Waals surface area contributed by atoms with Gasteiger partial charge in [0.05, 0.1) is 0 Å². The van der Waals surface area contributed by atoms with Crippen LogP contribution in [0.15, 0.2) is 55.3 Å². The van der Waals surface area contributed by atoms with Crippen LogP contribution in [0.3, 0.4) is 0 Å². The molecule has 2 heteroatoms. The molecule has 0 N–H and O–H groups in total. The summed E-state index contributed by atoms with van der Waals surface area (Å²) in [5.74, 6) is 0.00469. The molecule has 0 spiro atoms. The van der Waals surface area contributed by atoms with E-state index in [1.54, 1.807) is 12.3 Å². The molecule has 2 nitrogen and oxygen atoms in total. The Labute approximate surface area is 107 Å². The average Bonchev–Trinajstić information content (AvgIpc) is 2.77. The molecule has 2 rings (SSSR count). The SMILES string of the molecule is C=Cn1cc(C)cc1/C=C/C(=O)c1ccccc1. The molecule has 1 aromatic carbocycles. The van der Waals surface area contributed by atoms with Gasteiger partial charge in [-0.3, -0.25) is 4.79 Å². The van der Waals surface area contributed by atoms with Crippen molar-refractivity contribution in [1.29, 1.82) is 0 Å². The van der Waals surface area contributed by atoms with Crippen LogP contribution in [0.1, 0.15) is 21.6 Å². The quantitative estimate of drug-likeness (QED) is 0.585. The maximum absolute atomic E-state index is 11.9. The van der Waals surface area contributed by atoms with Crippen molar-refractivity contribution in [3.05, 3.63) is 72.1 Å². The van der Waals surface area contributed by atoms with Crippen molar-refractivity contribution in [3.63, 3.8) is 0 Å². The van der Waals surface area contributed by atoms with E-state index < -0.39 is 0 Å². The molecule has 18 heavy (non-hydrogen) atoms. The summed E-state index contributed by atoms with van der Waals surface area (Å²) in [6.07, 6.45) is 7.09. The lowest BCUT2D eigenvalue weighted by Crippen LogP contribution is -1.93. The van der Waals surface area contributed by atoms with E-state index in [0.29, 0.717) is 5.56 Å². The Morgan fingerprint density at radius 2 is 2.00 bits per heavy atom. The number of aromatic nitrogens is 1. The molecule has 0 amide bonds. The van der Waals surface area contributed by atoms with E-state index in [-0.39, 0.29) is 5.78 Å². The third-order valence-electron chi connectivity index (χ3n) is 2.68. The first-order chi connectivity index (χ1) is 8.70. The summed E-state index contributed by atoms with van der Waals surface area (Å²) >= 11 is 0. The van der Waals surface area contributed by atoms with Crippen molar-refractivity contribution in [2.75, 3.05) is 0 Å². The molecule has 0 saturated heterocycles. The number of hydrogen-bond acceptors (Lipinski definition) is 1. The van der Waals surface area contributed by atoms with Crippen molar-refractivity contribution in [2.45, 2.75) is 6.92 Å². The predicted molar refractivity (Wildman–Crippen MR) is 75.4 cm³/mol. The van der Waals surface area contributed by atoms with Gasteiger partial charge in [-0.2, -0.15) is 0 Å². The Morgan fingerprint density at radius 1 is 1.28 bits per heavy atom. The summed E-state index contributed by atoms with van der Waals surface area (Å²) in [6.45, 7) is 5.74. The first-order valence-corrected chi connectivity index (χ1v) is 5.79. The van der Waals surface area contributed by atoms with Crippen LogP contribution >= 0.6 is 0 Å². The van der Waals surface area contributed by atoms with E-state index in [9.17, 15) is 4.79 Å². The summed E-state index contributed by atoms with van der Waals surface area (Å²) in [4.78, 5) is 11.9. The van der Waals surface area contributed by atoms with Gasteiger partial charge < -0.3 is 4.57 Å². The first kappa shape index (κ1) is 12.1. The summed E-state index contributed by atoms with van der Waals surface area (Å²) in [7, 11) is 0. The van der Waals surface area contributed by atoms with Crippen molar-refractivity contribution in [1.82, 2.24) is 4.57 Å². The maximum Gasteiger partial charge on any atom is 0.185 e. The van der Waals surface area contributed by atoms with E-state index >= 15 is 0 Å². The number of carbonyl (C=O) groups excluding carboxylic acids is 1. The number of nitrogens with zero attached hydrogens (tertiary/aromatic N) is 1. The van der Waals surface area contributed by atoms with Crippen LogP contribution < -0.4 is 0 Å². The van der Waals surface area contributed by atoms with Crippen molar-refractivity contribution in [2.24, 2.45) is 0 Å². The highest BCUT2D eigenvalue weighted by atomic mass is 16.1. The van der Waals surface area contributed by atoms with Gasteiger partial charge in [-0.05, 0) is 30.7 Å². The van der Waals surface area contributed by atoms with Crippen LogP contribution in [0.2, 0.25) is 0 Å². The van der Waals surface area contributed by atoms with Crippen molar-refractivity contribution < 1.29 is 4.79 Å². The van der Waals surface area contributed by atoms with Gasteiger partial charge in [0, 0.05) is 23.7 Å². The first-order valence-electron chi connectivity index (χ1n) is 5.79. The normalized spacial score (nSPS) is 10.7. The highest BCUT2D eigenvalue weighted by Gasteiger charge is 2.01. The smallest absolute Gasteiger partial charge is 0.185 e. The zero-order chi connectivity index (χ0) is 13.0. The van der Waals surface area contributed by atoms with Gasteiger partial charge in [0.25, 0.3) is 0 Å². The van der Waals surface area contributed by atoms with Crippen LogP contribution in [0.25, 0.3) is 12.3 Å². The number of rotatable bonds is 4. The molecular formula is C16H15NO. The van der Waals surface area contributed by atoms with Crippen molar-refractivity contribution in [3.8, 4) is 0 Å². The Balaban J connectivity index is 2.21. The highest BCUT2D eigenvalue weighted by molar-refractivity contribution is 6.06. The lowest BCUT2D eigenvalue weighted by Gasteiger charge is -1.97. The second kappa shape index (κ2) is 5.32. The third kappa shape index (κ3) is 2.66. The zero-order valence-electron chi connectivity index (χ0n) is 10.3. The summed E-state index contributed by atoms with van der Waals surface area (Å²) in [5.41, 5.74) is 2.79. The molecule has 1 heterocycles. The molecule has 0 atom stereocenters. The summed E-state index contributed by atoms with van der Waals surface area (Å²) < 4.78 is 1.89. The van der Waals surface area contributed by atoms with E-state index in [4.69, 9.17) is 0 Å². The van der Waals surface area contributed by atoms with E-state index in [2.05, 4.69) is 6.58 Å². The number of benzene rings is 1. The van der Waals surface area contributed by atoms with E-state index in [1.165, 1.54) is 0 Å². The average molecular weight is 237 g/mol. The number of allylic oxidation sites excluding steroid dienone is 1. The molecule has 0 fully saturated rings. The topological polar surface area (TPSA) is 22.0 Å². The summed E-state index contributed by atoms with van der Waals surface area (Å²) in [6, 6.07) is 11.2. The molecule has 0 unspecified atom stereocenters. The Kier molecular flexibility index (Phi) is 3.58. The minimum absolute atomic E-state index is 0.00469. The molecule has 0 radical (unpaired) electrons. The van der Waals surface area contributed by atoms with Gasteiger partial charge in [0.15, 0.2) is 5.78 Å². The Morgan fingerprint density at radius 3 is 2.67 bits per heavy atom. The van der Waals surface area contributed by atoms with Gasteiger partial charge in [-0.15, -0.1) is 0 Å². The minimum Gasteiger partial charge on any atom is -0.324 e. The zero-order valence-corrected chi connectivity index (χ0v) is 10.3. The van der Waals surface area contributed by atoms with Crippen LogP contribution in [-0.4, -0.2) is 10.4 Å². The molecule has 0 saturated carbocycles. The third-order valence-corrected chi connectivity index (χ3v) is 2.68. The van der Waals surface area contributed by atoms with Crippen LogP contribution in [0, 0.1) is 6.92 Å². The van der Waals surface area contributed by atoms with Crippen molar-refractivity contribution >= 4 is 18.1 Å². The molecular weight excluding hydrogens is 222 g/mol. The fourth-order valence-corrected chi connectivity index (χ4v) is 1.79. The second-order valence-corrected chi connectivity index (χ2v) is 4.10. The second-order valence-electron chi connectivity index (χ2n) is 4.10. The van der Waals surface area contributed by atoms with Gasteiger partial charge in [-0.25, -0.2) is 0 Å². The minimum atomic E-state index is 0.00469. The number of ketones is 1. The Hall–Kier alpha value is -2.35. The van der Waals surface area contributed by atoms with Crippen LogP contribution in [-0.2, 0) is 0 Å². The van der Waals surface area contributed by atoms with Gasteiger partial charge in [0.1, 0.15) is 0 Å². The molecule has 0 aliphatic rings. The maximum atomic E-state index is 11.9. The molecule has 90 valence electrons. The highest BCUT2D eigenvalue weighted by Crippen LogP contribution is 2.11. The largest absolute Gasteiger partial charge is 0.324 e. The van der Waals surface area contributed by atoms with Gasteiger partial charge >= 0.3 is 0 Å². The lowest BCUT2D eigenvalue weighted by atomic mass is 10.1. The fraction of sp³-hybridized carbons (Fsp3) is 0.0625. The van der Waals surface area contributed by atoms with E-state index in [0.717, 1.165) is 11.3 Å². The molecule has 2 aromatic rings. The van der Waals surface area contributed by atoms with Crippen LogP contribution in [0.5, 0.6) is 0 Å². The van der Waals surface area contributed by atoms with Gasteiger partial charge in [-0.1, -0.05) is 36.9 Å². The van der Waals surface area contributed by atoms with E-state index in [1.807, 2.05) is 60.2 Å². The molecule has 0 aliphatic heterocycles. The Bertz CT molecular complexity index is 591. The molecule has 0 bridgehead atoms. The number of hydrogen-bond donors (Lipinski definition) is 0.